The Bertz CT molecular complexity index is 5330. The molecule has 2 atom stereocenters. The van der Waals surface area contributed by atoms with Gasteiger partial charge in [-0.2, -0.15) is 39.9 Å². The Balaban J connectivity index is 0.000000125. The summed E-state index contributed by atoms with van der Waals surface area (Å²) in [7, 11) is 0. The van der Waals surface area contributed by atoms with Crippen molar-refractivity contribution in [1.29, 1.82) is 0 Å². The number of halogens is 3. The van der Waals surface area contributed by atoms with Crippen LogP contribution in [0.4, 0.5) is 0 Å². The molecule has 12 nitrogen and oxygen atoms in total. The molecule has 0 spiro atoms. The molecule has 1 N–H and O–H groups in total. The van der Waals surface area contributed by atoms with E-state index in [0.717, 1.165) is 58.5 Å². The van der Waals surface area contributed by atoms with Crippen LogP contribution >= 0.6 is 34.8 Å². The molecule has 16 aromatic rings. The minimum Gasteiger partial charge on any atom is -0.507 e. The molecule has 0 saturated carbocycles. The van der Waals surface area contributed by atoms with E-state index in [-0.39, 0.29) is 27.6 Å². The molecule has 94 heavy (non-hydrogen) atoms. The van der Waals surface area contributed by atoms with E-state index in [1.54, 1.807) is 12.1 Å². The first-order chi connectivity index (χ1) is 46.0. The van der Waals surface area contributed by atoms with Crippen LogP contribution in [0.2, 0.25) is 15.9 Å². The number of ether oxygens (including phenoxy) is 2. The smallest absolute Gasteiger partial charge is 0.321 e. The molecule has 466 valence electrons. The third-order valence-corrected chi connectivity index (χ3v) is 18.7. The maximum absolute atomic E-state index is 10.6. The maximum Gasteiger partial charge on any atom is 0.321 e. The van der Waals surface area contributed by atoms with Crippen LogP contribution in [0.3, 0.4) is 0 Å². The lowest BCUT2D eigenvalue weighted by Gasteiger charge is -2.16. The molecule has 13 aromatic carbocycles. The predicted octanol–water partition coefficient (Wildman–Crippen LogP) is 21.8. The quantitative estimate of drug-likeness (QED) is 0.0813. The van der Waals surface area contributed by atoms with Gasteiger partial charge in [0.15, 0.2) is 23.3 Å². The SMILES string of the molecule is CCCCC(CC)COc1nc(-c2ccccc2O)nc(-c2ccc3ccc4cccc5ccc2c3c45)n1.CCCCC(CC)COc1nc(Cl)nc(-c2ccc3ccc4cccc5ccc2c3c45)n1.Clc1nc(Cl)nc(-c2ccc3ccc4cccc5ccc2c3c45)n1. The van der Waals surface area contributed by atoms with Gasteiger partial charge in [0.05, 0.1) is 18.8 Å². The molecule has 3 heterocycles. The molecule has 0 saturated heterocycles. The fourth-order valence-electron chi connectivity index (χ4n) is 13.3. The molecule has 0 radical (unpaired) electrons. The van der Waals surface area contributed by atoms with E-state index in [9.17, 15) is 5.11 Å². The van der Waals surface area contributed by atoms with Gasteiger partial charge in [0.25, 0.3) is 0 Å². The second-order valence-corrected chi connectivity index (χ2v) is 25.1. The monoisotopic (exact) mass is 1290 g/mol. The number of unbranched alkanes of at least 4 members (excludes halogenated alkanes) is 2. The summed E-state index contributed by atoms with van der Waals surface area (Å²) in [6.07, 6.45) is 9.11. The van der Waals surface area contributed by atoms with Crippen LogP contribution in [0.5, 0.6) is 17.8 Å². The molecule has 3 aromatic heterocycles. The van der Waals surface area contributed by atoms with Crippen molar-refractivity contribution in [2.75, 3.05) is 13.2 Å². The Hall–Kier alpha value is -9.72. The number of phenolic OH excluding ortho intramolecular Hbond substituents is 1. The van der Waals surface area contributed by atoms with Gasteiger partial charge in [-0.25, -0.2) is 4.98 Å². The molecule has 0 aliphatic carbocycles. The van der Waals surface area contributed by atoms with Gasteiger partial charge in [-0.05, 0) is 187 Å². The summed E-state index contributed by atoms with van der Waals surface area (Å²) in [6.45, 7) is 9.96. The van der Waals surface area contributed by atoms with Crippen LogP contribution in [-0.2, 0) is 0 Å². The molecule has 0 aliphatic rings. The zero-order valence-corrected chi connectivity index (χ0v) is 54.8. The van der Waals surface area contributed by atoms with Crippen LogP contribution in [0, 0.1) is 11.8 Å². The molecule has 0 bridgehead atoms. The van der Waals surface area contributed by atoms with Crippen LogP contribution in [0.25, 0.3) is 143 Å². The van der Waals surface area contributed by atoms with Crippen molar-refractivity contribution in [2.24, 2.45) is 11.8 Å². The van der Waals surface area contributed by atoms with Crippen molar-refractivity contribution in [3.8, 4) is 63.3 Å². The molecular weight excluding hydrogens is 1230 g/mol. The first-order valence-electron chi connectivity index (χ1n) is 32.3. The van der Waals surface area contributed by atoms with Crippen LogP contribution in [-0.4, -0.2) is 63.2 Å². The average Bonchev–Trinajstić information content (AvgIpc) is 0.754. The van der Waals surface area contributed by atoms with Gasteiger partial charge in [0.2, 0.25) is 15.9 Å². The number of para-hydroxylation sites is 1. The van der Waals surface area contributed by atoms with Crippen molar-refractivity contribution in [1.82, 2.24) is 44.9 Å². The Morgan fingerprint density at radius 3 is 1.02 bits per heavy atom. The van der Waals surface area contributed by atoms with Gasteiger partial charge in [-0.3, -0.25) is 0 Å². The highest BCUT2D eigenvalue weighted by molar-refractivity contribution is 6.32. The fraction of sp³-hybridized carbons (Fsp3) is 0.203. The highest BCUT2D eigenvalue weighted by Crippen LogP contribution is 2.43. The number of hydrogen-bond donors (Lipinski definition) is 1. The first-order valence-corrected chi connectivity index (χ1v) is 33.5. The molecule has 0 amide bonds. The average molecular weight is 1300 g/mol. The van der Waals surface area contributed by atoms with Gasteiger partial charge in [-0.1, -0.05) is 224 Å². The summed E-state index contributed by atoms with van der Waals surface area (Å²) in [4.78, 5) is 39.9. The first kappa shape index (κ1) is 61.8. The van der Waals surface area contributed by atoms with E-state index in [2.05, 4.69) is 220 Å². The molecule has 0 fully saturated rings. The minimum absolute atomic E-state index is 0.0932. The van der Waals surface area contributed by atoms with E-state index in [0.29, 0.717) is 59.9 Å². The van der Waals surface area contributed by atoms with Crippen LogP contribution < -0.4 is 9.47 Å². The van der Waals surface area contributed by atoms with Crippen molar-refractivity contribution >= 4 is 132 Å². The van der Waals surface area contributed by atoms with E-state index in [1.807, 2.05) is 18.2 Å². The summed E-state index contributed by atoms with van der Waals surface area (Å²) < 4.78 is 12.2. The Morgan fingerprint density at radius 1 is 0.319 bits per heavy atom. The van der Waals surface area contributed by atoms with Gasteiger partial charge in [0, 0.05) is 16.7 Å². The number of rotatable bonds is 18. The van der Waals surface area contributed by atoms with E-state index in [1.165, 1.54) is 106 Å². The molecular formula is C79H66Cl3N9O3. The Labute approximate surface area is 559 Å². The number of benzene rings is 13. The largest absolute Gasteiger partial charge is 0.507 e. The summed E-state index contributed by atoms with van der Waals surface area (Å²) in [5.74, 6) is 3.02. The number of phenols is 1. The zero-order valence-electron chi connectivity index (χ0n) is 52.5. The topological polar surface area (TPSA) is 155 Å². The van der Waals surface area contributed by atoms with Crippen molar-refractivity contribution in [2.45, 2.75) is 79.1 Å². The molecule has 16 rings (SSSR count). The molecule has 0 aliphatic heterocycles. The van der Waals surface area contributed by atoms with E-state index < -0.39 is 0 Å². The van der Waals surface area contributed by atoms with Crippen molar-refractivity contribution < 1.29 is 14.6 Å². The normalized spacial score (nSPS) is 12.4. The van der Waals surface area contributed by atoms with Gasteiger partial charge in [-0.15, -0.1) is 0 Å². The Kier molecular flexibility index (Phi) is 17.8. The summed E-state index contributed by atoms with van der Waals surface area (Å²) in [5.41, 5.74) is 3.30. The van der Waals surface area contributed by atoms with Gasteiger partial charge >= 0.3 is 12.0 Å². The minimum atomic E-state index is 0.0932. The predicted molar refractivity (Wildman–Crippen MR) is 387 cm³/mol. The lowest BCUT2D eigenvalue weighted by molar-refractivity contribution is 0.217. The summed E-state index contributed by atoms with van der Waals surface area (Å²) >= 11 is 18.2. The number of aromatic hydroxyl groups is 1. The Morgan fingerprint density at radius 2 is 0.638 bits per heavy atom. The maximum atomic E-state index is 10.6. The third kappa shape index (κ3) is 12.3. The highest BCUT2D eigenvalue weighted by Gasteiger charge is 2.22. The number of aromatic nitrogens is 9. The number of hydrogen-bond acceptors (Lipinski definition) is 12. The van der Waals surface area contributed by atoms with Crippen molar-refractivity contribution in [3.63, 3.8) is 0 Å². The van der Waals surface area contributed by atoms with Gasteiger partial charge < -0.3 is 14.6 Å². The van der Waals surface area contributed by atoms with E-state index in [4.69, 9.17) is 54.2 Å². The third-order valence-electron chi connectivity index (χ3n) is 18.2. The molecule has 2 unspecified atom stereocenters. The van der Waals surface area contributed by atoms with Crippen molar-refractivity contribution in [3.05, 3.63) is 204 Å². The van der Waals surface area contributed by atoms with Gasteiger partial charge in [0.1, 0.15) is 5.75 Å². The summed E-state index contributed by atoms with van der Waals surface area (Å²) in [6, 6.07) is 65.2. The lowest BCUT2D eigenvalue weighted by Crippen LogP contribution is -2.13. The fourth-order valence-corrected chi connectivity index (χ4v) is 13.8. The van der Waals surface area contributed by atoms with Crippen LogP contribution in [0.1, 0.15) is 79.1 Å². The van der Waals surface area contributed by atoms with E-state index >= 15 is 0 Å². The zero-order chi connectivity index (χ0) is 64.4. The standard InChI is InChI=1S/C33H31N3O2.C27H26ClN3O.C19H9Cl2N3/c1-3-5-9-21(4-2)20-38-33-35-31(34-32(36-33)27-12-6-7-13-28(27)37)26-19-17-24-15-14-22-10-8-11-23-16-18-25(26)30(24)29(22)23;1-3-5-7-17(4-2)16-32-27-30-25(29-26(28)31-27)22-15-13-20-11-10-18-8-6-9-19-12-14-21(22)24(20)23(18)19;20-18-22-17(23-19(21)24-18)14-9-7-12-5-4-10-2-1-3-11-6-8-13(14)16(12)15(10)11/h6-8,10-19,21,37H,3-5,9,20H2,1-2H3;6,8-15,17H,3-5,7,16H2,1-2H3;1-9H. The second-order valence-electron chi connectivity index (χ2n) is 24.1. The highest BCUT2D eigenvalue weighted by atomic mass is 35.5. The second kappa shape index (κ2) is 27.1. The van der Waals surface area contributed by atoms with Crippen LogP contribution in [0.15, 0.2) is 188 Å². The summed E-state index contributed by atoms with van der Waals surface area (Å²) in [5, 5.41) is 32.5. The number of nitrogens with zero attached hydrogens (tertiary/aromatic N) is 9. The molecule has 15 heteroatoms. The lowest BCUT2D eigenvalue weighted by atomic mass is 9.92.